The van der Waals surface area contributed by atoms with Crippen molar-refractivity contribution in [3.8, 4) is 0 Å². The van der Waals surface area contributed by atoms with Gasteiger partial charge in [0, 0.05) is 0 Å². The maximum absolute atomic E-state index is 9.00. The summed E-state index contributed by atoms with van der Waals surface area (Å²) in [5.41, 5.74) is -0.911. The second-order valence-corrected chi connectivity index (χ2v) is 3.74. The van der Waals surface area contributed by atoms with Crippen molar-refractivity contribution in [3.63, 3.8) is 0 Å². The Bertz CT molecular complexity index is 118. The van der Waals surface area contributed by atoms with Gasteiger partial charge in [0.25, 0.3) is 0 Å². The summed E-state index contributed by atoms with van der Waals surface area (Å²) in [5, 5.41) is 30.0. The van der Waals surface area contributed by atoms with Gasteiger partial charge in [-0.1, -0.05) is 26.2 Å². The SMILES string of the molecule is CCCCCCNC(CO)(CO)CO. The maximum Gasteiger partial charge on any atom is 0.0881 e. The van der Waals surface area contributed by atoms with Gasteiger partial charge in [0.15, 0.2) is 0 Å². The predicted octanol–water partition coefficient (Wildman–Crippen LogP) is -0.128. The van der Waals surface area contributed by atoms with Crippen molar-refractivity contribution >= 4 is 0 Å². The van der Waals surface area contributed by atoms with Gasteiger partial charge in [0.1, 0.15) is 0 Å². The van der Waals surface area contributed by atoms with E-state index < -0.39 is 5.54 Å². The third kappa shape index (κ3) is 4.91. The molecule has 0 spiro atoms. The molecular formula is C10H23NO3. The van der Waals surface area contributed by atoms with Gasteiger partial charge in [-0.25, -0.2) is 0 Å². The van der Waals surface area contributed by atoms with Crippen LogP contribution in [0.2, 0.25) is 0 Å². The second-order valence-electron chi connectivity index (χ2n) is 3.74. The van der Waals surface area contributed by atoms with Crippen molar-refractivity contribution < 1.29 is 15.3 Å². The number of nitrogens with one attached hydrogen (secondary N) is 1. The minimum atomic E-state index is -0.911. The van der Waals surface area contributed by atoms with Crippen LogP contribution < -0.4 is 5.32 Å². The van der Waals surface area contributed by atoms with Crippen molar-refractivity contribution in [2.75, 3.05) is 26.4 Å². The normalized spacial score (nSPS) is 12.0. The number of hydrogen-bond acceptors (Lipinski definition) is 4. The molecule has 0 atom stereocenters. The quantitative estimate of drug-likeness (QED) is 0.396. The molecule has 0 aliphatic carbocycles. The van der Waals surface area contributed by atoms with Crippen LogP contribution in [0, 0.1) is 0 Å². The van der Waals surface area contributed by atoms with E-state index in [4.69, 9.17) is 15.3 Å². The minimum absolute atomic E-state index is 0.242. The summed E-state index contributed by atoms with van der Waals surface area (Å²) in [7, 11) is 0. The van der Waals surface area contributed by atoms with Crippen molar-refractivity contribution in [2.24, 2.45) is 0 Å². The molecule has 0 aromatic carbocycles. The van der Waals surface area contributed by atoms with E-state index in [1.54, 1.807) is 0 Å². The molecule has 0 amide bonds. The summed E-state index contributed by atoms with van der Waals surface area (Å²) in [6.45, 7) is 2.14. The molecule has 0 aromatic heterocycles. The highest BCUT2D eigenvalue weighted by Gasteiger charge is 2.26. The third-order valence-electron chi connectivity index (χ3n) is 2.44. The molecule has 4 N–H and O–H groups in total. The zero-order valence-electron chi connectivity index (χ0n) is 9.00. The highest BCUT2D eigenvalue weighted by Crippen LogP contribution is 2.03. The number of unbranched alkanes of at least 4 members (excludes halogenated alkanes) is 3. The lowest BCUT2D eigenvalue weighted by Crippen LogP contribution is -2.55. The molecule has 0 radical (unpaired) electrons. The fourth-order valence-electron chi connectivity index (χ4n) is 1.22. The van der Waals surface area contributed by atoms with Gasteiger partial charge in [-0.15, -0.1) is 0 Å². The maximum atomic E-state index is 9.00. The van der Waals surface area contributed by atoms with Gasteiger partial charge < -0.3 is 20.6 Å². The molecule has 0 rings (SSSR count). The zero-order valence-corrected chi connectivity index (χ0v) is 9.00. The molecule has 0 heterocycles. The molecule has 0 fully saturated rings. The summed E-state index contributed by atoms with van der Waals surface area (Å²) in [4.78, 5) is 0. The van der Waals surface area contributed by atoms with Gasteiger partial charge in [-0.2, -0.15) is 0 Å². The average molecular weight is 205 g/mol. The molecular weight excluding hydrogens is 182 g/mol. The highest BCUT2D eigenvalue weighted by atomic mass is 16.3. The summed E-state index contributed by atoms with van der Waals surface area (Å²) in [6, 6.07) is 0. The fraction of sp³-hybridized carbons (Fsp3) is 1.00. The van der Waals surface area contributed by atoms with E-state index >= 15 is 0 Å². The molecule has 0 saturated heterocycles. The lowest BCUT2D eigenvalue weighted by molar-refractivity contribution is 0.0425. The number of aliphatic hydroxyl groups is 3. The van der Waals surface area contributed by atoms with E-state index in [-0.39, 0.29) is 19.8 Å². The average Bonchev–Trinajstić information content (AvgIpc) is 2.24. The van der Waals surface area contributed by atoms with Crippen molar-refractivity contribution in [1.29, 1.82) is 0 Å². The van der Waals surface area contributed by atoms with E-state index in [1.807, 2.05) is 0 Å². The Morgan fingerprint density at radius 2 is 1.50 bits per heavy atom. The summed E-state index contributed by atoms with van der Waals surface area (Å²) in [5.74, 6) is 0. The molecule has 0 unspecified atom stereocenters. The van der Waals surface area contributed by atoms with Crippen molar-refractivity contribution in [3.05, 3.63) is 0 Å². The Labute approximate surface area is 86.0 Å². The fourth-order valence-corrected chi connectivity index (χ4v) is 1.22. The van der Waals surface area contributed by atoms with E-state index in [2.05, 4.69) is 12.2 Å². The molecule has 4 heteroatoms. The topological polar surface area (TPSA) is 72.7 Å². The summed E-state index contributed by atoms with van der Waals surface area (Å²) in [6.07, 6.45) is 4.54. The Morgan fingerprint density at radius 1 is 0.929 bits per heavy atom. The lowest BCUT2D eigenvalue weighted by atomic mass is 10.0. The first-order valence-corrected chi connectivity index (χ1v) is 5.32. The number of hydrogen-bond donors (Lipinski definition) is 4. The predicted molar refractivity (Wildman–Crippen MR) is 56.1 cm³/mol. The van der Waals surface area contributed by atoms with E-state index in [0.29, 0.717) is 0 Å². The summed E-state index contributed by atoms with van der Waals surface area (Å²) < 4.78 is 0. The number of rotatable bonds is 9. The van der Waals surface area contributed by atoms with Crippen LogP contribution in [0.4, 0.5) is 0 Å². The van der Waals surface area contributed by atoms with Crippen LogP contribution in [0.15, 0.2) is 0 Å². The first kappa shape index (κ1) is 13.8. The van der Waals surface area contributed by atoms with Gasteiger partial charge >= 0.3 is 0 Å². The lowest BCUT2D eigenvalue weighted by Gasteiger charge is -2.28. The van der Waals surface area contributed by atoms with Gasteiger partial charge in [0.05, 0.1) is 25.4 Å². The van der Waals surface area contributed by atoms with Crippen molar-refractivity contribution in [1.82, 2.24) is 5.32 Å². The molecule has 0 saturated carbocycles. The van der Waals surface area contributed by atoms with Crippen molar-refractivity contribution in [2.45, 2.75) is 38.1 Å². The van der Waals surface area contributed by atoms with E-state index in [9.17, 15) is 0 Å². The smallest absolute Gasteiger partial charge is 0.0881 e. The van der Waals surface area contributed by atoms with E-state index in [1.165, 1.54) is 12.8 Å². The molecule has 0 aromatic rings. The Balaban J connectivity index is 3.61. The zero-order chi connectivity index (χ0) is 10.9. The van der Waals surface area contributed by atoms with Gasteiger partial charge in [-0.3, -0.25) is 0 Å². The van der Waals surface area contributed by atoms with Crippen LogP contribution in [0.5, 0.6) is 0 Å². The van der Waals surface area contributed by atoms with E-state index in [0.717, 1.165) is 19.4 Å². The van der Waals surface area contributed by atoms with Crippen LogP contribution >= 0.6 is 0 Å². The molecule has 0 aliphatic heterocycles. The first-order chi connectivity index (χ1) is 6.74. The molecule has 86 valence electrons. The monoisotopic (exact) mass is 205 g/mol. The van der Waals surface area contributed by atoms with Crippen LogP contribution in [-0.2, 0) is 0 Å². The Morgan fingerprint density at radius 3 is 1.93 bits per heavy atom. The summed E-state index contributed by atoms with van der Waals surface area (Å²) >= 11 is 0. The second kappa shape index (κ2) is 8.17. The first-order valence-electron chi connectivity index (χ1n) is 5.32. The third-order valence-corrected chi connectivity index (χ3v) is 2.44. The van der Waals surface area contributed by atoms with Gasteiger partial charge in [-0.05, 0) is 13.0 Å². The number of aliphatic hydroxyl groups excluding tert-OH is 3. The highest BCUT2D eigenvalue weighted by molar-refractivity contribution is 4.85. The Hall–Kier alpha value is -0.160. The molecule has 0 aliphatic rings. The molecule has 0 bridgehead atoms. The van der Waals surface area contributed by atoms with Crippen LogP contribution in [0.25, 0.3) is 0 Å². The molecule has 4 nitrogen and oxygen atoms in total. The van der Waals surface area contributed by atoms with Crippen LogP contribution in [0.1, 0.15) is 32.6 Å². The minimum Gasteiger partial charge on any atom is -0.394 e. The largest absolute Gasteiger partial charge is 0.394 e. The van der Waals surface area contributed by atoms with Gasteiger partial charge in [0.2, 0.25) is 0 Å². The van der Waals surface area contributed by atoms with Crippen LogP contribution in [0.3, 0.4) is 0 Å². The standard InChI is InChI=1S/C10H23NO3/c1-2-3-4-5-6-11-10(7-12,8-13)9-14/h11-14H,2-9H2,1H3. The molecule has 14 heavy (non-hydrogen) atoms. The van der Waals surface area contributed by atoms with Crippen LogP contribution in [-0.4, -0.2) is 47.2 Å². The Kier molecular flexibility index (Phi) is 8.08.